The number of ether oxygens (including phenoxy) is 1. The zero-order valence-electron chi connectivity index (χ0n) is 16.9. The Bertz CT molecular complexity index is 970. The van der Waals surface area contributed by atoms with E-state index in [1.807, 2.05) is 10.8 Å². The average Bonchev–Trinajstić information content (AvgIpc) is 2.61. The second kappa shape index (κ2) is 9.59. The molecule has 2 aromatic rings. The van der Waals surface area contributed by atoms with Crippen molar-refractivity contribution in [3.63, 3.8) is 0 Å². The molecular formula is C20H25N3O6S. The monoisotopic (exact) mass is 435 g/mol. The summed E-state index contributed by atoms with van der Waals surface area (Å²) in [7, 11) is -4.38. The molecule has 0 saturated carbocycles. The molecule has 0 saturated heterocycles. The van der Waals surface area contributed by atoms with Crippen molar-refractivity contribution in [2.75, 3.05) is 10.0 Å². The topological polar surface area (TPSA) is 134 Å². The van der Waals surface area contributed by atoms with Crippen LogP contribution < -0.4 is 15.4 Å². The molecule has 0 bridgehead atoms. The lowest BCUT2D eigenvalue weighted by atomic mass is 10.0. The van der Waals surface area contributed by atoms with Gasteiger partial charge in [0.15, 0.2) is 0 Å². The molecule has 30 heavy (non-hydrogen) atoms. The first kappa shape index (κ1) is 23.2. The Labute approximate surface area is 175 Å². The van der Waals surface area contributed by atoms with Gasteiger partial charge in [0.25, 0.3) is 0 Å². The van der Waals surface area contributed by atoms with Crippen LogP contribution in [-0.2, 0) is 26.3 Å². The van der Waals surface area contributed by atoms with Gasteiger partial charge in [-0.05, 0) is 50.6 Å². The van der Waals surface area contributed by atoms with Gasteiger partial charge in [0.05, 0.1) is 5.69 Å². The van der Waals surface area contributed by atoms with Crippen LogP contribution in [0, 0.1) is 0 Å². The van der Waals surface area contributed by atoms with E-state index in [0.717, 1.165) is 0 Å². The number of rotatable bonds is 7. The summed E-state index contributed by atoms with van der Waals surface area (Å²) in [6.45, 7) is 5.14. The maximum atomic E-state index is 12.8. The number of nitrogens with one attached hydrogen (secondary N) is 3. The molecule has 0 aliphatic heterocycles. The first-order valence-electron chi connectivity index (χ1n) is 9.11. The molecule has 0 aliphatic rings. The largest absolute Gasteiger partial charge is 0.444 e. The Kier molecular flexibility index (Phi) is 7.41. The van der Waals surface area contributed by atoms with E-state index in [2.05, 4.69) is 10.6 Å². The number of anilines is 2. The Morgan fingerprint density at radius 3 is 2.13 bits per heavy atom. The number of para-hydroxylation sites is 1. The Balaban J connectivity index is 2.15. The molecule has 0 aromatic heterocycles. The van der Waals surface area contributed by atoms with Crippen LogP contribution in [0.15, 0.2) is 54.6 Å². The third-order valence-corrected chi connectivity index (χ3v) is 4.18. The lowest BCUT2D eigenvalue weighted by Gasteiger charge is -2.23. The first-order chi connectivity index (χ1) is 13.9. The molecule has 2 rings (SSSR count). The second-order valence-corrected chi connectivity index (χ2v) is 8.69. The van der Waals surface area contributed by atoms with Crippen molar-refractivity contribution in [2.45, 2.75) is 38.8 Å². The molecule has 10 heteroatoms. The van der Waals surface area contributed by atoms with E-state index in [1.165, 1.54) is 12.1 Å². The predicted molar refractivity (Wildman–Crippen MR) is 114 cm³/mol. The number of amides is 2. The Hall–Kier alpha value is -3.11. The lowest BCUT2D eigenvalue weighted by Crippen LogP contribution is -2.47. The fraction of sp³-hybridized carbons (Fsp3) is 0.300. The summed E-state index contributed by atoms with van der Waals surface area (Å²) in [6, 6.07) is 13.9. The zero-order valence-corrected chi connectivity index (χ0v) is 17.7. The molecule has 4 N–H and O–H groups in total. The highest BCUT2D eigenvalue weighted by Gasteiger charge is 2.25. The minimum absolute atomic E-state index is 0.129. The molecule has 0 spiro atoms. The normalized spacial score (nSPS) is 12.5. The number of carbonyl (C=O) groups is 2. The summed E-state index contributed by atoms with van der Waals surface area (Å²) < 4.78 is 37.8. The van der Waals surface area contributed by atoms with Crippen LogP contribution in [0.1, 0.15) is 26.3 Å². The van der Waals surface area contributed by atoms with Crippen molar-refractivity contribution >= 4 is 33.7 Å². The SMILES string of the molecule is CC(C)(C)OC(=O)NC(Cc1ccc(NS(=O)(=O)O)cc1)C(=O)Nc1ccccc1. The van der Waals surface area contributed by atoms with E-state index in [9.17, 15) is 18.0 Å². The highest BCUT2D eigenvalue weighted by molar-refractivity contribution is 7.87. The van der Waals surface area contributed by atoms with Crippen LogP contribution in [0.25, 0.3) is 0 Å². The van der Waals surface area contributed by atoms with Crippen LogP contribution in [0.4, 0.5) is 16.2 Å². The number of benzene rings is 2. The summed E-state index contributed by atoms with van der Waals surface area (Å²) in [4.78, 5) is 25.0. The van der Waals surface area contributed by atoms with E-state index in [1.54, 1.807) is 57.2 Å². The fourth-order valence-electron chi connectivity index (χ4n) is 2.50. The van der Waals surface area contributed by atoms with Crippen molar-refractivity contribution in [2.24, 2.45) is 0 Å². The van der Waals surface area contributed by atoms with Gasteiger partial charge < -0.3 is 15.4 Å². The maximum absolute atomic E-state index is 12.8. The van der Waals surface area contributed by atoms with Gasteiger partial charge in [-0.1, -0.05) is 30.3 Å². The molecule has 0 aliphatic carbocycles. The minimum Gasteiger partial charge on any atom is -0.444 e. The molecule has 162 valence electrons. The molecule has 1 unspecified atom stereocenters. The standard InChI is InChI=1S/C20H25N3O6S/c1-20(2,3)29-19(25)22-17(18(24)21-15-7-5-4-6-8-15)13-14-9-11-16(12-10-14)23-30(26,27)28/h4-12,17,23H,13H2,1-3H3,(H,21,24)(H,22,25)(H,26,27,28). The van der Waals surface area contributed by atoms with Crippen molar-refractivity contribution in [1.29, 1.82) is 0 Å². The summed E-state index contributed by atoms with van der Waals surface area (Å²) in [6.07, 6.45) is -0.607. The van der Waals surface area contributed by atoms with Crippen LogP contribution in [0.5, 0.6) is 0 Å². The van der Waals surface area contributed by atoms with Crippen LogP contribution in [0.2, 0.25) is 0 Å². The molecule has 1 atom stereocenters. The van der Waals surface area contributed by atoms with E-state index in [-0.39, 0.29) is 12.1 Å². The number of hydrogen-bond acceptors (Lipinski definition) is 5. The van der Waals surface area contributed by atoms with Crippen molar-refractivity contribution in [3.8, 4) is 0 Å². The fourth-order valence-corrected chi connectivity index (χ4v) is 2.94. The molecule has 0 fully saturated rings. The van der Waals surface area contributed by atoms with Crippen LogP contribution in [-0.4, -0.2) is 36.6 Å². The van der Waals surface area contributed by atoms with Gasteiger partial charge in [-0.2, -0.15) is 8.42 Å². The first-order valence-corrected chi connectivity index (χ1v) is 10.5. The van der Waals surface area contributed by atoms with Crippen molar-refractivity contribution in [3.05, 3.63) is 60.2 Å². The van der Waals surface area contributed by atoms with Gasteiger partial charge in [-0.3, -0.25) is 14.1 Å². The summed E-state index contributed by atoms with van der Waals surface area (Å²) in [5, 5.41) is 5.31. The Morgan fingerprint density at radius 2 is 1.60 bits per heavy atom. The summed E-state index contributed by atoms with van der Waals surface area (Å²) >= 11 is 0. The number of alkyl carbamates (subject to hydrolysis) is 1. The zero-order chi connectivity index (χ0) is 22.4. The highest BCUT2D eigenvalue weighted by atomic mass is 32.2. The van der Waals surface area contributed by atoms with Gasteiger partial charge in [0.2, 0.25) is 5.91 Å². The quantitative estimate of drug-likeness (QED) is 0.494. The summed E-state index contributed by atoms with van der Waals surface area (Å²) in [5.74, 6) is -0.438. The molecule has 2 aromatic carbocycles. The minimum atomic E-state index is -4.38. The van der Waals surface area contributed by atoms with Crippen LogP contribution in [0.3, 0.4) is 0 Å². The van der Waals surface area contributed by atoms with Gasteiger partial charge in [-0.15, -0.1) is 0 Å². The average molecular weight is 436 g/mol. The van der Waals surface area contributed by atoms with E-state index >= 15 is 0 Å². The van der Waals surface area contributed by atoms with Gasteiger partial charge in [0, 0.05) is 12.1 Å². The molecule has 9 nitrogen and oxygen atoms in total. The van der Waals surface area contributed by atoms with Crippen LogP contribution >= 0.6 is 0 Å². The van der Waals surface area contributed by atoms with Crippen molar-refractivity contribution < 1.29 is 27.3 Å². The van der Waals surface area contributed by atoms with Crippen molar-refractivity contribution in [1.82, 2.24) is 5.32 Å². The predicted octanol–water partition coefficient (Wildman–Crippen LogP) is 2.98. The Morgan fingerprint density at radius 1 is 1.00 bits per heavy atom. The smallest absolute Gasteiger partial charge is 0.408 e. The van der Waals surface area contributed by atoms with E-state index in [4.69, 9.17) is 9.29 Å². The van der Waals surface area contributed by atoms with E-state index < -0.39 is 33.9 Å². The number of carbonyl (C=O) groups excluding carboxylic acids is 2. The van der Waals surface area contributed by atoms with E-state index in [0.29, 0.717) is 11.3 Å². The molecule has 2 amide bonds. The third kappa shape index (κ3) is 8.50. The number of hydrogen-bond donors (Lipinski definition) is 4. The molecule has 0 radical (unpaired) electrons. The molecule has 0 heterocycles. The van der Waals surface area contributed by atoms with Gasteiger partial charge in [0.1, 0.15) is 11.6 Å². The third-order valence-electron chi connectivity index (χ3n) is 3.69. The second-order valence-electron chi connectivity index (χ2n) is 7.53. The highest BCUT2D eigenvalue weighted by Crippen LogP contribution is 2.14. The van der Waals surface area contributed by atoms with Gasteiger partial charge in [-0.25, -0.2) is 4.79 Å². The summed E-state index contributed by atoms with van der Waals surface area (Å²) in [5.41, 5.74) is 0.658. The molecular weight excluding hydrogens is 410 g/mol. The van der Waals surface area contributed by atoms with Gasteiger partial charge >= 0.3 is 16.4 Å². The maximum Gasteiger partial charge on any atom is 0.408 e. The lowest BCUT2D eigenvalue weighted by molar-refractivity contribution is -0.118.